The van der Waals surface area contributed by atoms with Crippen LogP contribution in [-0.4, -0.2) is 19.3 Å². The van der Waals surface area contributed by atoms with Crippen molar-refractivity contribution in [2.45, 2.75) is 6.10 Å². The highest BCUT2D eigenvalue weighted by Gasteiger charge is 2.21. The third-order valence-corrected chi connectivity index (χ3v) is 3.92. The quantitative estimate of drug-likeness (QED) is 0.839. The third-order valence-electron chi connectivity index (χ3n) is 2.94. The number of benzene rings is 2. The Morgan fingerprint density at radius 3 is 2.05 bits per heavy atom. The van der Waals surface area contributed by atoms with E-state index < -0.39 is 6.10 Å². The maximum Gasteiger partial charge on any atom is 0.128 e. The highest BCUT2D eigenvalue weighted by atomic mass is 127. The van der Waals surface area contributed by atoms with E-state index in [1.165, 1.54) is 0 Å². The van der Waals surface area contributed by atoms with Crippen LogP contribution >= 0.6 is 22.6 Å². The molecule has 3 nitrogen and oxygen atoms in total. The molecular weight excluding hydrogens is 355 g/mol. The fraction of sp³-hybridized carbons (Fsp3) is 0.200. The number of halogens is 1. The number of aliphatic hydroxyl groups is 1. The van der Waals surface area contributed by atoms with Crippen LogP contribution in [0, 0.1) is 3.57 Å². The molecular formula is C15H15IO3. The van der Waals surface area contributed by atoms with Gasteiger partial charge in [-0.15, -0.1) is 0 Å². The summed E-state index contributed by atoms with van der Waals surface area (Å²) in [5.41, 5.74) is 1.49. The summed E-state index contributed by atoms with van der Waals surface area (Å²) in [5, 5.41) is 10.6. The van der Waals surface area contributed by atoms with Crippen molar-refractivity contribution in [1.29, 1.82) is 0 Å². The standard InChI is InChI=1S/C15H15IO3/c1-18-12-8-5-9-13(19-2)14(12)15(17)10-6-3-4-7-11(10)16/h3-9,15,17H,1-2H3. The second kappa shape index (κ2) is 6.25. The van der Waals surface area contributed by atoms with Crippen LogP contribution in [0.15, 0.2) is 42.5 Å². The average molecular weight is 370 g/mol. The van der Waals surface area contributed by atoms with E-state index in [0.29, 0.717) is 17.1 Å². The lowest BCUT2D eigenvalue weighted by molar-refractivity contribution is 0.208. The van der Waals surface area contributed by atoms with E-state index in [2.05, 4.69) is 22.6 Å². The summed E-state index contributed by atoms with van der Waals surface area (Å²) in [7, 11) is 3.17. The Hall–Kier alpha value is -1.27. The largest absolute Gasteiger partial charge is 0.496 e. The molecule has 0 heterocycles. The van der Waals surface area contributed by atoms with Crippen molar-refractivity contribution in [2.24, 2.45) is 0 Å². The molecule has 1 atom stereocenters. The van der Waals surface area contributed by atoms with Crippen molar-refractivity contribution in [1.82, 2.24) is 0 Å². The molecule has 0 bridgehead atoms. The summed E-state index contributed by atoms with van der Waals surface area (Å²) >= 11 is 2.21. The van der Waals surface area contributed by atoms with E-state index in [9.17, 15) is 5.11 Å². The number of ether oxygens (including phenoxy) is 2. The number of rotatable bonds is 4. The normalized spacial score (nSPS) is 12.0. The highest BCUT2D eigenvalue weighted by molar-refractivity contribution is 14.1. The summed E-state index contributed by atoms with van der Waals surface area (Å²) in [6.07, 6.45) is -0.779. The van der Waals surface area contributed by atoms with Crippen LogP contribution in [-0.2, 0) is 0 Å². The van der Waals surface area contributed by atoms with Crippen LogP contribution in [0.3, 0.4) is 0 Å². The lowest BCUT2D eigenvalue weighted by atomic mass is 9.99. The molecule has 0 saturated carbocycles. The molecule has 0 amide bonds. The fourth-order valence-corrected chi connectivity index (χ4v) is 2.68. The van der Waals surface area contributed by atoms with Crippen LogP contribution in [0.25, 0.3) is 0 Å². The van der Waals surface area contributed by atoms with Gasteiger partial charge in [-0.25, -0.2) is 0 Å². The Morgan fingerprint density at radius 1 is 0.947 bits per heavy atom. The molecule has 2 aromatic rings. The van der Waals surface area contributed by atoms with Gasteiger partial charge in [-0.2, -0.15) is 0 Å². The molecule has 0 aliphatic carbocycles. The molecule has 0 aliphatic heterocycles. The van der Waals surface area contributed by atoms with Gasteiger partial charge in [0.2, 0.25) is 0 Å². The molecule has 100 valence electrons. The lowest BCUT2D eigenvalue weighted by Crippen LogP contribution is -2.06. The zero-order chi connectivity index (χ0) is 13.8. The van der Waals surface area contributed by atoms with E-state index >= 15 is 0 Å². The number of aliphatic hydroxyl groups excluding tert-OH is 1. The first-order valence-electron chi connectivity index (χ1n) is 5.82. The predicted molar refractivity (Wildman–Crippen MR) is 82.8 cm³/mol. The van der Waals surface area contributed by atoms with Crippen LogP contribution in [0.4, 0.5) is 0 Å². The minimum absolute atomic E-state index is 0.617. The smallest absolute Gasteiger partial charge is 0.128 e. The zero-order valence-corrected chi connectivity index (χ0v) is 12.9. The van der Waals surface area contributed by atoms with Gasteiger partial charge in [0, 0.05) is 3.57 Å². The van der Waals surface area contributed by atoms with Gasteiger partial charge in [0.1, 0.15) is 17.6 Å². The minimum Gasteiger partial charge on any atom is -0.496 e. The van der Waals surface area contributed by atoms with Crippen molar-refractivity contribution >= 4 is 22.6 Å². The van der Waals surface area contributed by atoms with Gasteiger partial charge >= 0.3 is 0 Å². The van der Waals surface area contributed by atoms with E-state index in [1.54, 1.807) is 14.2 Å². The first-order chi connectivity index (χ1) is 9.19. The van der Waals surface area contributed by atoms with Gasteiger partial charge in [0.15, 0.2) is 0 Å². The Labute approximate surface area is 126 Å². The second-order valence-corrected chi connectivity index (χ2v) is 5.16. The third kappa shape index (κ3) is 2.84. The Bertz CT molecular complexity index is 547. The molecule has 0 spiro atoms. The Morgan fingerprint density at radius 2 is 1.53 bits per heavy atom. The molecule has 0 fully saturated rings. The summed E-state index contributed by atoms with van der Waals surface area (Å²) in [6.45, 7) is 0. The minimum atomic E-state index is -0.779. The zero-order valence-electron chi connectivity index (χ0n) is 10.8. The molecule has 19 heavy (non-hydrogen) atoms. The van der Waals surface area contributed by atoms with Crippen molar-refractivity contribution in [3.63, 3.8) is 0 Å². The maximum absolute atomic E-state index is 10.6. The molecule has 1 unspecified atom stereocenters. The first-order valence-corrected chi connectivity index (χ1v) is 6.90. The Balaban J connectivity index is 2.55. The lowest BCUT2D eigenvalue weighted by Gasteiger charge is -2.19. The van der Waals surface area contributed by atoms with Crippen LogP contribution in [0.2, 0.25) is 0 Å². The van der Waals surface area contributed by atoms with E-state index in [0.717, 1.165) is 9.13 Å². The van der Waals surface area contributed by atoms with E-state index in [-0.39, 0.29) is 0 Å². The summed E-state index contributed by atoms with van der Waals surface area (Å²) < 4.78 is 11.7. The monoisotopic (exact) mass is 370 g/mol. The molecule has 2 aromatic carbocycles. The topological polar surface area (TPSA) is 38.7 Å². The van der Waals surface area contributed by atoms with Gasteiger partial charge in [-0.05, 0) is 46.4 Å². The molecule has 0 aliphatic rings. The summed E-state index contributed by atoms with van der Waals surface area (Å²) in [4.78, 5) is 0. The van der Waals surface area contributed by atoms with E-state index in [1.807, 2.05) is 42.5 Å². The fourth-order valence-electron chi connectivity index (χ4n) is 2.00. The second-order valence-electron chi connectivity index (χ2n) is 4.00. The van der Waals surface area contributed by atoms with Crippen molar-refractivity contribution in [3.8, 4) is 11.5 Å². The average Bonchev–Trinajstić information content (AvgIpc) is 2.46. The molecule has 4 heteroatoms. The molecule has 0 saturated heterocycles. The molecule has 1 N–H and O–H groups in total. The van der Waals surface area contributed by atoms with Crippen molar-refractivity contribution in [2.75, 3.05) is 14.2 Å². The number of hydrogen-bond donors (Lipinski definition) is 1. The summed E-state index contributed by atoms with van der Waals surface area (Å²) in [6, 6.07) is 13.2. The number of hydrogen-bond acceptors (Lipinski definition) is 3. The van der Waals surface area contributed by atoms with Gasteiger partial charge in [-0.3, -0.25) is 0 Å². The van der Waals surface area contributed by atoms with Crippen LogP contribution in [0.5, 0.6) is 11.5 Å². The Kier molecular flexibility index (Phi) is 4.66. The maximum atomic E-state index is 10.6. The van der Waals surface area contributed by atoms with Crippen LogP contribution in [0.1, 0.15) is 17.2 Å². The highest BCUT2D eigenvalue weighted by Crippen LogP contribution is 2.38. The number of methoxy groups -OCH3 is 2. The summed E-state index contributed by atoms with van der Waals surface area (Å²) in [5.74, 6) is 1.23. The van der Waals surface area contributed by atoms with Crippen LogP contribution < -0.4 is 9.47 Å². The van der Waals surface area contributed by atoms with Gasteiger partial charge in [0.05, 0.1) is 19.8 Å². The molecule has 2 rings (SSSR count). The van der Waals surface area contributed by atoms with Gasteiger partial charge in [0.25, 0.3) is 0 Å². The predicted octanol–water partition coefficient (Wildman–Crippen LogP) is 3.39. The molecule has 0 aromatic heterocycles. The SMILES string of the molecule is COc1cccc(OC)c1C(O)c1ccccc1I. The van der Waals surface area contributed by atoms with Gasteiger partial charge < -0.3 is 14.6 Å². The van der Waals surface area contributed by atoms with Gasteiger partial charge in [-0.1, -0.05) is 24.3 Å². The van der Waals surface area contributed by atoms with E-state index in [4.69, 9.17) is 9.47 Å². The van der Waals surface area contributed by atoms with Crippen molar-refractivity contribution < 1.29 is 14.6 Å². The first kappa shape index (κ1) is 14.1. The van der Waals surface area contributed by atoms with Crippen molar-refractivity contribution in [3.05, 3.63) is 57.2 Å². The molecule has 0 radical (unpaired) electrons.